The molecule has 0 atom stereocenters. The number of aromatic nitrogens is 1. The van der Waals surface area contributed by atoms with E-state index >= 15 is 0 Å². The molecule has 0 N–H and O–H groups in total. The molecule has 1 aromatic rings. The van der Waals surface area contributed by atoms with E-state index in [1.54, 1.807) is 0 Å². The lowest BCUT2D eigenvalue weighted by Gasteiger charge is -2.09. The Bertz CT molecular complexity index is 277. The summed E-state index contributed by atoms with van der Waals surface area (Å²) in [7, 11) is 0. The van der Waals surface area contributed by atoms with Crippen molar-refractivity contribution in [2.24, 2.45) is 0 Å². The summed E-state index contributed by atoms with van der Waals surface area (Å²) in [6.45, 7) is 9.72. The van der Waals surface area contributed by atoms with Crippen molar-refractivity contribution in [1.29, 1.82) is 0 Å². The van der Waals surface area contributed by atoms with Gasteiger partial charge in [-0.15, -0.1) is 0 Å². The third-order valence-corrected chi connectivity index (χ3v) is 2.37. The molecule has 0 saturated carbocycles. The largest absolute Gasteiger partial charge is 0.377 e. The van der Waals surface area contributed by atoms with Crippen molar-refractivity contribution < 1.29 is 14.2 Å². The molecule has 1 aromatic heterocycles. The molecule has 0 bridgehead atoms. The molecular formula is C14H23NO3. The van der Waals surface area contributed by atoms with Gasteiger partial charge in [0.25, 0.3) is 0 Å². The molecule has 0 aliphatic heterocycles. The molecule has 0 saturated heterocycles. The average Bonchev–Trinajstić information content (AvgIpc) is 2.40. The van der Waals surface area contributed by atoms with Gasteiger partial charge in [-0.1, -0.05) is 0 Å². The summed E-state index contributed by atoms with van der Waals surface area (Å²) in [5.41, 5.74) is 2.99. The van der Waals surface area contributed by atoms with E-state index in [1.165, 1.54) is 0 Å². The van der Waals surface area contributed by atoms with Crippen molar-refractivity contribution in [3.05, 3.63) is 29.1 Å². The highest BCUT2D eigenvalue weighted by Crippen LogP contribution is 2.10. The minimum Gasteiger partial charge on any atom is -0.377 e. The molecule has 0 fully saturated rings. The zero-order chi connectivity index (χ0) is 13.2. The first-order chi connectivity index (χ1) is 8.80. The van der Waals surface area contributed by atoms with Crippen LogP contribution in [0.3, 0.4) is 0 Å². The monoisotopic (exact) mass is 253 g/mol. The van der Waals surface area contributed by atoms with Crippen molar-refractivity contribution in [2.45, 2.75) is 40.6 Å². The second-order valence-corrected chi connectivity index (χ2v) is 3.87. The van der Waals surface area contributed by atoms with E-state index < -0.39 is 0 Å². The van der Waals surface area contributed by atoms with Crippen molar-refractivity contribution in [3.8, 4) is 0 Å². The van der Waals surface area contributed by atoms with Crippen LogP contribution in [-0.2, 0) is 34.0 Å². The van der Waals surface area contributed by atoms with Crippen molar-refractivity contribution in [2.75, 3.05) is 19.8 Å². The average molecular weight is 253 g/mol. The SMILES string of the molecule is CCOCc1cc(COCC)nc(COCC)c1. The third-order valence-electron chi connectivity index (χ3n) is 2.37. The summed E-state index contributed by atoms with van der Waals surface area (Å²) in [5.74, 6) is 0. The molecule has 0 spiro atoms. The van der Waals surface area contributed by atoms with Crippen molar-refractivity contribution in [3.63, 3.8) is 0 Å². The molecule has 0 amide bonds. The van der Waals surface area contributed by atoms with Gasteiger partial charge in [0.15, 0.2) is 0 Å². The van der Waals surface area contributed by atoms with E-state index in [0.29, 0.717) is 39.6 Å². The van der Waals surface area contributed by atoms with E-state index in [1.807, 2.05) is 32.9 Å². The van der Waals surface area contributed by atoms with E-state index in [0.717, 1.165) is 17.0 Å². The predicted molar refractivity (Wildman–Crippen MR) is 70.2 cm³/mol. The molecule has 4 nitrogen and oxygen atoms in total. The van der Waals surface area contributed by atoms with Gasteiger partial charge in [0.2, 0.25) is 0 Å². The Morgan fingerprint density at radius 2 is 1.22 bits per heavy atom. The fourth-order valence-corrected chi connectivity index (χ4v) is 1.58. The van der Waals surface area contributed by atoms with Crippen LogP contribution in [0, 0.1) is 0 Å². The van der Waals surface area contributed by atoms with Crippen LogP contribution in [0.4, 0.5) is 0 Å². The highest BCUT2D eigenvalue weighted by atomic mass is 16.5. The standard InChI is InChI=1S/C14H23NO3/c1-4-16-9-12-7-13(10-17-5-2)15-14(8-12)11-18-6-3/h7-8H,4-6,9-11H2,1-3H3. The number of rotatable bonds is 9. The van der Waals surface area contributed by atoms with E-state index in [-0.39, 0.29) is 0 Å². The lowest BCUT2D eigenvalue weighted by Crippen LogP contribution is -2.04. The van der Waals surface area contributed by atoms with Gasteiger partial charge in [-0.25, -0.2) is 0 Å². The highest BCUT2D eigenvalue weighted by molar-refractivity contribution is 5.20. The normalized spacial score (nSPS) is 10.8. The Kier molecular flexibility index (Phi) is 7.57. The highest BCUT2D eigenvalue weighted by Gasteiger charge is 2.04. The quantitative estimate of drug-likeness (QED) is 0.678. The molecule has 1 rings (SSSR count). The fourth-order valence-electron chi connectivity index (χ4n) is 1.58. The van der Waals surface area contributed by atoms with Gasteiger partial charge < -0.3 is 14.2 Å². The van der Waals surface area contributed by atoms with Gasteiger partial charge in [0, 0.05) is 19.8 Å². The predicted octanol–water partition coefficient (Wildman–Crippen LogP) is 2.69. The molecule has 4 heteroatoms. The minimum atomic E-state index is 0.537. The number of pyridine rings is 1. The van der Waals surface area contributed by atoms with E-state index in [4.69, 9.17) is 14.2 Å². The van der Waals surface area contributed by atoms with Gasteiger partial charge in [0.05, 0.1) is 31.2 Å². The smallest absolute Gasteiger partial charge is 0.0887 e. The lowest BCUT2D eigenvalue weighted by atomic mass is 10.2. The first kappa shape index (κ1) is 15.1. The van der Waals surface area contributed by atoms with Crippen LogP contribution >= 0.6 is 0 Å². The molecule has 0 aliphatic rings. The zero-order valence-corrected chi connectivity index (χ0v) is 11.6. The van der Waals surface area contributed by atoms with Crippen molar-refractivity contribution >= 4 is 0 Å². The molecular weight excluding hydrogens is 230 g/mol. The molecule has 18 heavy (non-hydrogen) atoms. The van der Waals surface area contributed by atoms with Crippen LogP contribution in [0.25, 0.3) is 0 Å². The van der Waals surface area contributed by atoms with Gasteiger partial charge in [-0.2, -0.15) is 0 Å². The molecule has 102 valence electrons. The van der Waals surface area contributed by atoms with Crippen LogP contribution in [0.5, 0.6) is 0 Å². The first-order valence-corrected chi connectivity index (χ1v) is 6.52. The van der Waals surface area contributed by atoms with Gasteiger partial charge in [-0.05, 0) is 38.5 Å². The van der Waals surface area contributed by atoms with Gasteiger partial charge in [-0.3, -0.25) is 4.98 Å². The van der Waals surface area contributed by atoms with Crippen molar-refractivity contribution in [1.82, 2.24) is 4.98 Å². The summed E-state index contributed by atoms with van der Waals surface area (Å²) in [4.78, 5) is 4.51. The fraction of sp³-hybridized carbons (Fsp3) is 0.643. The molecule has 1 heterocycles. The van der Waals surface area contributed by atoms with Crippen LogP contribution in [0.1, 0.15) is 37.7 Å². The maximum atomic E-state index is 5.43. The zero-order valence-electron chi connectivity index (χ0n) is 11.6. The van der Waals surface area contributed by atoms with Crippen LogP contribution in [-0.4, -0.2) is 24.8 Å². The maximum absolute atomic E-state index is 5.43. The maximum Gasteiger partial charge on any atom is 0.0887 e. The van der Waals surface area contributed by atoms with Gasteiger partial charge in [0.1, 0.15) is 0 Å². The summed E-state index contributed by atoms with van der Waals surface area (Å²) in [6.07, 6.45) is 0. The molecule has 0 radical (unpaired) electrons. The second-order valence-electron chi connectivity index (χ2n) is 3.87. The minimum absolute atomic E-state index is 0.537. The molecule has 0 unspecified atom stereocenters. The van der Waals surface area contributed by atoms with Crippen LogP contribution in [0.2, 0.25) is 0 Å². The third kappa shape index (κ3) is 5.58. The first-order valence-electron chi connectivity index (χ1n) is 6.52. The number of ether oxygens (including phenoxy) is 3. The molecule has 0 aromatic carbocycles. The Morgan fingerprint density at radius 3 is 1.67 bits per heavy atom. The van der Waals surface area contributed by atoms with E-state index in [9.17, 15) is 0 Å². The Morgan fingerprint density at radius 1 is 0.778 bits per heavy atom. The second kappa shape index (κ2) is 9.03. The summed E-state index contributed by atoms with van der Waals surface area (Å²) in [6, 6.07) is 4.06. The number of hydrogen-bond acceptors (Lipinski definition) is 4. The van der Waals surface area contributed by atoms with Gasteiger partial charge >= 0.3 is 0 Å². The number of hydrogen-bond donors (Lipinski definition) is 0. The van der Waals surface area contributed by atoms with Crippen LogP contribution in [0.15, 0.2) is 12.1 Å². The lowest BCUT2D eigenvalue weighted by molar-refractivity contribution is 0.121. The Labute approximate surface area is 109 Å². The Balaban J connectivity index is 2.74. The summed E-state index contributed by atoms with van der Waals surface area (Å²) >= 11 is 0. The topological polar surface area (TPSA) is 40.6 Å². The Hall–Kier alpha value is -0.970. The van der Waals surface area contributed by atoms with E-state index in [2.05, 4.69) is 4.98 Å². The number of nitrogens with zero attached hydrogens (tertiary/aromatic N) is 1. The molecule has 0 aliphatic carbocycles. The summed E-state index contributed by atoms with van der Waals surface area (Å²) < 4.78 is 16.2. The summed E-state index contributed by atoms with van der Waals surface area (Å²) in [5, 5.41) is 0. The van der Waals surface area contributed by atoms with Crippen LogP contribution < -0.4 is 0 Å².